The maximum atomic E-state index is 11.1. The van der Waals surface area contributed by atoms with Crippen LogP contribution in [0.4, 0.5) is 17.5 Å². The smallest absolute Gasteiger partial charge is 0.310 e. The van der Waals surface area contributed by atoms with Crippen LogP contribution in [0.1, 0.15) is 58.6 Å². The molecule has 9 nitrogen and oxygen atoms in total. The number of hydrogen-bond acceptors (Lipinski definition) is 7. The first-order chi connectivity index (χ1) is 18.4. The largest absolute Gasteiger partial charge is 0.481 e. The van der Waals surface area contributed by atoms with E-state index in [0.717, 1.165) is 34.8 Å². The number of rotatable bonds is 11. The van der Waals surface area contributed by atoms with E-state index in [9.17, 15) is 4.79 Å². The minimum Gasteiger partial charge on any atom is -0.481 e. The number of aliphatic imine (C=N–C) groups is 1. The van der Waals surface area contributed by atoms with Crippen LogP contribution in [0.5, 0.6) is 0 Å². The molecule has 2 heterocycles. The van der Waals surface area contributed by atoms with Gasteiger partial charge in [-0.25, -0.2) is 4.98 Å². The van der Waals surface area contributed by atoms with Gasteiger partial charge >= 0.3 is 5.97 Å². The van der Waals surface area contributed by atoms with Gasteiger partial charge in [-0.15, -0.1) is 0 Å². The third kappa shape index (κ3) is 7.22. The van der Waals surface area contributed by atoms with Crippen LogP contribution < -0.4 is 10.2 Å². The number of allylic oxidation sites excluding steroid dienone is 1. The first-order valence-corrected chi connectivity index (χ1v) is 13.7. The van der Waals surface area contributed by atoms with Crippen LogP contribution in [0, 0.1) is 18.8 Å². The molecule has 4 rings (SSSR count). The SMILES string of the molecule is CC(/C=C\C(C)C(=O)O)=NCCN(CC1CC1)c1nc(Nc2cc(C(C)(C)C)ccc2C)c2c(ncn2C)n1. The van der Waals surface area contributed by atoms with E-state index in [1.54, 1.807) is 25.4 Å². The van der Waals surface area contributed by atoms with Gasteiger partial charge in [-0.2, -0.15) is 9.97 Å². The molecule has 9 heteroatoms. The van der Waals surface area contributed by atoms with E-state index in [2.05, 4.69) is 66.1 Å². The predicted molar refractivity (Wildman–Crippen MR) is 158 cm³/mol. The predicted octanol–water partition coefficient (Wildman–Crippen LogP) is 5.67. The Morgan fingerprint density at radius 1 is 1.31 bits per heavy atom. The van der Waals surface area contributed by atoms with Gasteiger partial charge in [-0.3, -0.25) is 9.79 Å². The van der Waals surface area contributed by atoms with Gasteiger partial charge in [0.1, 0.15) is 5.52 Å². The zero-order valence-electron chi connectivity index (χ0n) is 24.2. The summed E-state index contributed by atoms with van der Waals surface area (Å²) in [5.74, 6) is 0.620. The van der Waals surface area contributed by atoms with E-state index in [4.69, 9.17) is 15.1 Å². The Hall–Kier alpha value is -3.75. The monoisotopic (exact) mass is 531 g/mol. The molecule has 1 unspecified atom stereocenters. The summed E-state index contributed by atoms with van der Waals surface area (Å²) in [5, 5.41) is 12.7. The number of aliphatic carboxylic acids is 1. The molecule has 0 amide bonds. The number of carboxylic acid groups (broad SMARTS) is 1. The van der Waals surface area contributed by atoms with E-state index in [-0.39, 0.29) is 5.41 Å². The molecule has 0 saturated heterocycles. The molecule has 1 saturated carbocycles. The van der Waals surface area contributed by atoms with Crippen LogP contribution in [0.15, 0.2) is 41.7 Å². The molecule has 1 aromatic carbocycles. The van der Waals surface area contributed by atoms with E-state index in [1.807, 2.05) is 18.5 Å². The van der Waals surface area contributed by atoms with Crippen LogP contribution >= 0.6 is 0 Å². The fraction of sp³-hybridized carbons (Fsp3) is 0.500. The summed E-state index contributed by atoms with van der Waals surface area (Å²) in [7, 11) is 1.96. The number of nitrogens with zero attached hydrogens (tertiary/aromatic N) is 6. The number of imidazole rings is 1. The lowest BCUT2D eigenvalue weighted by atomic mass is 9.86. The normalized spacial score (nSPS) is 15.2. The number of nitrogens with one attached hydrogen (secondary N) is 1. The highest BCUT2D eigenvalue weighted by Gasteiger charge is 2.27. The first-order valence-electron chi connectivity index (χ1n) is 13.7. The van der Waals surface area contributed by atoms with Crippen molar-refractivity contribution in [1.82, 2.24) is 19.5 Å². The second-order valence-electron chi connectivity index (χ2n) is 11.7. The average Bonchev–Trinajstić information content (AvgIpc) is 3.62. The van der Waals surface area contributed by atoms with Crippen molar-refractivity contribution in [2.24, 2.45) is 23.9 Å². The van der Waals surface area contributed by atoms with E-state index < -0.39 is 11.9 Å². The van der Waals surface area contributed by atoms with Crippen molar-refractivity contribution >= 4 is 40.3 Å². The molecule has 0 spiro atoms. The number of carboxylic acids is 1. The summed E-state index contributed by atoms with van der Waals surface area (Å²) in [4.78, 5) is 32.4. The molecule has 1 aliphatic carbocycles. The van der Waals surface area contributed by atoms with E-state index >= 15 is 0 Å². The van der Waals surface area contributed by atoms with Gasteiger partial charge in [0.2, 0.25) is 5.95 Å². The standard InChI is InChI=1S/C30H41N7O2/c1-19-9-13-23(30(4,5)6)16-24(19)33-27-25-26(32-18-36(25)7)34-29(35-27)37(17-22-11-12-22)15-14-31-21(3)10-8-20(2)28(38)39/h8-10,13,16,18,20,22H,11-12,14-15,17H2,1-7H3,(H,38,39)(H,33,34,35)/b10-8-,31-21?. The summed E-state index contributed by atoms with van der Waals surface area (Å²) >= 11 is 0. The maximum Gasteiger partial charge on any atom is 0.310 e. The highest BCUT2D eigenvalue weighted by Crippen LogP contribution is 2.33. The van der Waals surface area contributed by atoms with Crippen molar-refractivity contribution in [3.63, 3.8) is 0 Å². The van der Waals surface area contributed by atoms with Crippen molar-refractivity contribution in [1.29, 1.82) is 0 Å². The van der Waals surface area contributed by atoms with Gasteiger partial charge in [-0.1, -0.05) is 39.0 Å². The molecule has 1 atom stereocenters. The fourth-order valence-electron chi connectivity index (χ4n) is 4.28. The minimum atomic E-state index is -0.846. The highest BCUT2D eigenvalue weighted by molar-refractivity contribution is 5.93. The summed E-state index contributed by atoms with van der Waals surface area (Å²) in [6.45, 7) is 14.4. The fourth-order valence-corrected chi connectivity index (χ4v) is 4.28. The number of fused-ring (bicyclic) bond motifs is 1. The topological polar surface area (TPSA) is 109 Å². The third-order valence-electron chi connectivity index (χ3n) is 7.12. The number of carbonyl (C=O) groups is 1. The molecule has 0 radical (unpaired) electrons. The summed E-state index contributed by atoms with van der Waals surface area (Å²) < 4.78 is 1.95. The van der Waals surface area contributed by atoms with Gasteiger partial charge in [0, 0.05) is 31.5 Å². The zero-order chi connectivity index (χ0) is 28.3. The highest BCUT2D eigenvalue weighted by atomic mass is 16.4. The van der Waals surface area contributed by atoms with Crippen molar-refractivity contribution in [2.75, 3.05) is 29.9 Å². The Labute approximate surface area is 231 Å². The molecule has 0 aliphatic heterocycles. The average molecular weight is 532 g/mol. The molecule has 0 bridgehead atoms. The lowest BCUT2D eigenvalue weighted by Crippen LogP contribution is -2.30. The molecule has 1 aliphatic rings. The van der Waals surface area contributed by atoms with Gasteiger partial charge in [0.15, 0.2) is 11.5 Å². The van der Waals surface area contributed by atoms with E-state index in [0.29, 0.717) is 30.6 Å². The first kappa shape index (κ1) is 28.3. The quantitative estimate of drug-likeness (QED) is 0.307. The molecule has 3 aromatic rings. The molecule has 1 fully saturated rings. The van der Waals surface area contributed by atoms with Crippen molar-refractivity contribution in [3.8, 4) is 0 Å². The summed E-state index contributed by atoms with van der Waals surface area (Å²) in [6, 6.07) is 6.54. The lowest BCUT2D eigenvalue weighted by molar-refractivity contribution is -0.139. The van der Waals surface area contributed by atoms with Gasteiger partial charge in [0.25, 0.3) is 0 Å². The third-order valence-corrected chi connectivity index (χ3v) is 7.12. The molecule has 39 heavy (non-hydrogen) atoms. The Morgan fingerprint density at radius 3 is 2.72 bits per heavy atom. The van der Waals surface area contributed by atoms with Crippen LogP contribution in [-0.2, 0) is 17.3 Å². The van der Waals surface area contributed by atoms with E-state index in [1.165, 1.54) is 18.4 Å². The molecular formula is C30H41N7O2. The molecule has 208 valence electrons. The number of aromatic nitrogens is 4. The van der Waals surface area contributed by atoms with Crippen molar-refractivity contribution < 1.29 is 9.90 Å². The zero-order valence-corrected chi connectivity index (χ0v) is 24.2. The minimum absolute atomic E-state index is 0.0311. The summed E-state index contributed by atoms with van der Waals surface area (Å²) in [6.07, 6.45) is 7.64. The Kier molecular flexibility index (Phi) is 8.37. The Balaban J connectivity index is 1.63. The van der Waals surface area contributed by atoms with Crippen LogP contribution in [0.3, 0.4) is 0 Å². The second-order valence-corrected chi connectivity index (χ2v) is 11.7. The summed E-state index contributed by atoms with van der Waals surface area (Å²) in [5.41, 5.74) is 5.75. The van der Waals surface area contributed by atoms with Gasteiger partial charge in [0.05, 0.1) is 18.8 Å². The lowest BCUT2D eigenvalue weighted by Gasteiger charge is -2.23. The molecule has 2 N–H and O–H groups in total. The van der Waals surface area contributed by atoms with Crippen LogP contribution in [0.25, 0.3) is 11.2 Å². The Bertz CT molecular complexity index is 1400. The van der Waals surface area contributed by atoms with Gasteiger partial charge in [-0.05, 0) is 68.2 Å². The van der Waals surface area contributed by atoms with Crippen molar-refractivity contribution in [2.45, 2.75) is 59.8 Å². The van der Waals surface area contributed by atoms with Gasteiger partial charge < -0.3 is 19.9 Å². The van der Waals surface area contributed by atoms with Crippen LogP contribution in [-0.4, -0.2) is 55.9 Å². The van der Waals surface area contributed by atoms with Crippen molar-refractivity contribution in [3.05, 3.63) is 47.8 Å². The maximum absolute atomic E-state index is 11.1. The second kappa shape index (κ2) is 11.6. The number of aryl methyl sites for hydroxylation is 2. The molecule has 2 aromatic heterocycles. The molecular weight excluding hydrogens is 490 g/mol. The number of hydrogen-bond donors (Lipinski definition) is 2. The van der Waals surface area contributed by atoms with Crippen LogP contribution in [0.2, 0.25) is 0 Å². The Morgan fingerprint density at radius 2 is 2.05 bits per heavy atom. The number of benzene rings is 1. The number of anilines is 3.